The SMILES string of the molecule is O=C(Nc1ccc2c(c1F)CCNC2)c1ccccc1N1CCOCC1. The monoisotopic (exact) mass is 355 g/mol. The summed E-state index contributed by atoms with van der Waals surface area (Å²) >= 11 is 0. The normalized spacial score (nSPS) is 16.9. The van der Waals surface area contributed by atoms with E-state index >= 15 is 0 Å². The summed E-state index contributed by atoms with van der Waals surface area (Å²) in [5.74, 6) is -0.610. The number of para-hydroxylation sites is 1. The largest absolute Gasteiger partial charge is 0.378 e. The fraction of sp³-hybridized carbons (Fsp3) is 0.350. The van der Waals surface area contributed by atoms with Crippen molar-refractivity contribution < 1.29 is 13.9 Å². The minimum atomic E-state index is -0.318. The molecule has 0 aliphatic carbocycles. The zero-order valence-electron chi connectivity index (χ0n) is 14.6. The van der Waals surface area contributed by atoms with Gasteiger partial charge in [-0.25, -0.2) is 4.39 Å². The lowest BCUT2D eigenvalue weighted by Crippen LogP contribution is -2.37. The molecule has 1 amide bonds. The lowest BCUT2D eigenvalue weighted by molar-refractivity contribution is 0.102. The molecule has 1 saturated heterocycles. The van der Waals surface area contributed by atoms with E-state index in [1.807, 2.05) is 24.3 Å². The second kappa shape index (κ2) is 7.43. The molecule has 0 radical (unpaired) electrons. The average molecular weight is 355 g/mol. The number of amides is 1. The number of nitrogens with one attached hydrogen (secondary N) is 2. The average Bonchev–Trinajstić information content (AvgIpc) is 2.71. The van der Waals surface area contributed by atoms with Gasteiger partial charge in [0.05, 0.1) is 24.5 Å². The number of hydrogen-bond acceptors (Lipinski definition) is 4. The highest BCUT2D eigenvalue weighted by Gasteiger charge is 2.21. The van der Waals surface area contributed by atoms with E-state index in [9.17, 15) is 9.18 Å². The fourth-order valence-corrected chi connectivity index (χ4v) is 3.57. The highest BCUT2D eigenvalue weighted by Crippen LogP contribution is 2.27. The first-order valence-corrected chi connectivity index (χ1v) is 8.98. The zero-order chi connectivity index (χ0) is 17.9. The number of halogens is 1. The Morgan fingerprint density at radius 1 is 1.15 bits per heavy atom. The van der Waals surface area contributed by atoms with Crippen LogP contribution in [0.3, 0.4) is 0 Å². The standard InChI is InChI=1S/C20H22FN3O2/c21-19-15-7-8-22-13-14(15)5-6-17(19)23-20(25)16-3-1-2-4-18(16)24-9-11-26-12-10-24/h1-6,22H,7-13H2,(H,23,25). The Balaban J connectivity index is 1.59. The summed E-state index contributed by atoms with van der Waals surface area (Å²) in [5.41, 5.74) is 3.31. The molecule has 1 fully saturated rings. The lowest BCUT2D eigenvalue weighted by Gasteiger charge is -2.30. The molecular formula is C20H22FN3O2. The van der Waals surface area contributed by atoms with Gasteiger partial charge < -0.3 is 20.3 Å². The van der Waals surface area contributed by atoms with Gasteiger partial charge in [-0.05, 0) is 42.3 Å². The van der Waals surface area contributed by atoms with Gasteiger partial charge in [0, 0.05) is 25.3 Å². The number of anilines is 2. The number of fused-ring (bicyclic) bond motifs is 1. The Morgan fingerprint density at radius 2 is 1.96 bits per heavy atom. The van der Waals surface area contributed by atoms with Crippen LogP contribution in [0.5, 0.6) is 0 Å². The van der Waals surface area contributed by atoms with Crippen LogP contribution in [0.2, 0.25) is 0 Å². The molecule has 0 saturated carbocycles. The summed E-state index contributed by atoms with van der Waals surface area (Å²) in [4.78, 5) is 15.0. The predicted molar refractivity (Wildman–Crippen MR) is 99.2 cm³/mol. The summed E-state index contributed by atoms with van der Waals surface area (Å²) in [6.45, 7) is 4.18. The van der Waals surface area contributed by atoms with Crippen LogP contribution in [0, 0.1) is 5.82 Å². The van der Waals surface area contributed by atoms with Crippen molar-refractivity contribution >= 4 is 17.3 Å². The second-order valence-electron chi connectivity index (χ2n) is 6.56. The molecular weight excluding hydrogens is 333 g/mol. The molecule has 2 aliphatic heterocycles. The van der Waals surface area contributed by atoms with Crippen LogP contribution in [-0.2, 0) is 17.7 Å². The first-order chi connectivity index (χ1) is 12.7. The Kier molecular flexibility index (Phi) is 4.86. The molecule has 2 heterocycles. The molecule has 2 aromatic carbocycles. The molecule has 26 heavy (non-hydrogen) atoms. The molecule has 2 aromatic rings. The third kappa shape index (κ3) is 3.30. The molecule has 136 valence electrons. The Bertz CT molecular complexity index is 819. The Labute approximate surface area is 152 Å². The number of morpholine rings is 1. The van der Waals surface area contributed by atoms with Crippen LogP contribution in [0.25, 0.3) is 0 Å². The number of rotatable bonds is 3. The van der Waals surface area contributed by atoms with Crippen molar-refractivity contribution in [3.05, 3.63) is 58.9 Å². The molecule has 0 bridgehead atoms. The molecule has 2 N–H and O–H groups in total. The van der Waals surface area contributed by atoms with E-state index in [1.165, 1.54) is 0 Å². The van der Waals surface area contributed by atoms with Gasteiger partial charge in [-0.2, -0.15) is 0 Å². The van der Waals surface area contributed by atoms with E-state index in [4.69, 9.17) is 4.74 Å². The Hall–Kier alpha value is -2.44. The first kappa shape index (κ1) is 17.0. The van der Waals surface area contributed by atoms with Crippen molar-refractivity contribution in [1.82, 2.24) is 5.32 Å². The quantitative estimate of drug-likeness (QED) is 0.889. The van der Waals surface area contributed by atoms with Gasteiger partial charge >= 0.3 is 0 Å². The van der Waals surface area contributed by atoms with Gasteiger partial charge in [-0.15, -0.1) is 0 Å². The maximum Gasteiger partial charge on any atom is 0.257 e. The number of nitrogens with zero attached hydrogens (tertiary/aromatic N) is 1. The van der Waals surface area contributed by atoms with E-state index in [2.05, 4.69) is 15.5 Å². The van der Waals surface area contributed by atoms with Crippen LogP contribution < -0.4 is 15.5 Å². The molecule has 0 atom stereocenters. The van der Waals surface area contributed by atoms with Gasteiger partial charge in [0.25, 0.3) is 5.91 Å². The van der Waals surface area contributed by atoms with E-state index in [0.717, 1.165) is 30.9 Å². The summed E-state index contributed by atoms with van der Waals surface area (Å²) in [7, 11) is 0. The number of carbonyl (C=O) groups is 1. The summed E-state index contributed by atoms with van der Waals surface area (Å²) in [5, 5.41) is 5.99. The topological polar surface area (TPSA) is 53.6 Å². The first-order valence-electron chi connectivity index (χ1n) is 8.98. The van der Waals surface area contributed by atoms with Crippen molar-refractivity contribution in [2.24, 2.45) is 0 Å². The third-order valence-electron chi connectivity index (χ3n) is 4.96. The molecule has 6 heteroatoms. The molecule has 4 rings (SSSR count). The van der Waals surface area contributed by atoms with Gasteiger partial charge in [0.1, 0.15) is 5.82 Å². The van der Waals surface area contributed by atoms with E-state index in [-0.39, 0.29) is 17.4 Å². The van der Waals surface area contributed by atoms with Gasteiger partial charge in [-0.3, -0.25) is 4.79 Å². The predicted octanol–water partition coefficient (Wildman–Crippen LogP) is 2.56. The maximum absolute atomic E-state index is 14.8. The third-order valence-corrected chi connectivity index (χ3v) is 4.96. The summed E-state index contributed by atoms with van der Waals surface area (Å²) < 4.78 is 20.2. The lowest BCUT2D eigenvalue weighted by atomic mass is 9.99. The Morgan fingerprint density at radius 3 is 2.81 bits per heavy atom. The molecule has 5 nitrogen and oxygen atoms in total. The number of ether oxygens (including phenoxy) is 1. The molecule has 2 aliphatic rings. The molecule has 0 aromatic heterocycles. The highest BCUT2D eigenvalue weighted by atomic mass is 19.1. The molecule has 0 spiro atoms. The number of benzene rings is 2. The van der Waals surface area contributed by atoms with Crippen molar-refractivity contribution in [2.45, 2.75) is 13.0 Å². The van der Waals surface area contributed by atoms with Crippen LogP contribution in [0.4, 0.5) is 15.8 Å². The minimum Gasteiger partial charge on any atom is -0.378 e. The maximum atomic E-state index is 14.8. The van der Waals surface area contributed by atoms with Crippen LogP contribution in [0.15, 0.2) is 36.4 Å². The summed E-state index contributed by atoms with van der Waals surface area (Å²) in [6, 6.07) is 11.0. The highest BCUT2D eigenvalue weighted by molar-refractivity contribution is 6.08. The second-order valence-corrected chi connectivity index (χ2v) is 6.56. The van der Waals surface area contributed by atoms with Crippen molar-refractivity contribution in [3.8, 4) is 0 Å². The van der Waals surface area contributed by atoms with Gasteiger partial charge in [0.2, 0.25) is 0 Å². The zero-order valence-corrected chi connectivity index (χ0v) is 14.6. The van der Waals surface area contributed by atoms with E-state index in [0.29, 0.717) is 37.3 Å². The molecule has 0 unspecified atom stereocenters. The minimum absolute atomic E-state index is 0.243. The van der Waals surface area contributed by atoms with Crippen LogP contribution >= 0.6 is 0 Å². The van der Waals surface area contributed by atoms with Crippen LogP contribution in [-0.4, -0.2) is 38.8 Å². The van der Waals surface area contributed by atoms with Crippen LogP contribution in [0.1, 0.15) is 21.5 Å². The van der Waals surface area contributed by atoms with Gasteiger partial charge in [-0.1, -0.05) is 18.2 Å². The van der Waals surface area contributed by atoms with E-state index < -0.39 is 0 Å². The fourth-order valence-electron chi connectivity index (χ4n) is 3.57. The van der Waals surface area contributed by atoms with Crippen molar-refractivity contribution in [3.63, 3.8) is 0 Å². The smallest absolute Gasteiger partial charge is 0.257 e. The van der Waals surface area contributed by atoms with Crippen molar-refractivity contribution in [2.75, 3.05) is 43.1 Å². The van der Waals surface area contributed by atoms with E-state index in [1.54, 1.807) is 12.1 Å². The van der Waals surface area contributed by atoms with Gasteiger partial charge in [0.15, 0.2) is 0 Å². The van der Waals surface area contributed by atoms with Crippen molar-refractivity contribution in [1.29, 1.82) is 0 Å². The summed E-state index contributed by atoms with van der Waals surface area (Å²) in [6.07, 6.45) is 0.634. The number of hydrogen-bond donors (Lipinski definition) is 2. The number of carbonyl (C=O) groups excluding carboxylic acids is 1.